The Kier molecular flexibility index (Phi) is 6.31. The Morgan fingerprint density at radius 3 is 3.00 bits per heavy atom. The van der Waals surface area contributed by atoms with E-state index in [1.165, 1.54) is 11.8 Å². The maximum Gasteiger partial charge on any atom is 0.313 e. The predicted octanol–water partition coefficient (Wildman–Crippen LogP) is 3.24. The molecule has 2 rings (SSSR count). The summed E-state index contributed by atoms with van der Waals surface area (Å²) in [6.07, 6.45) is 1.95. The number of fused-ring (bicyclic) bond motifs is 1. The van der Waals surface area contributed by atoms with Crippen LogP contribution in [-0.2, 0) is 16.1 Å². The molecule has 0 atom stereocenters. The second kappa shape index (κ2) is 8.00. The van der Waals surface area contributed by atoms with Crippen LogP contribution in [0.4, 0.5) is 0 Å². The Morgan fingerprint density at radius 2 is 2.29 bits per heavy atom. The minimum absolute atomic E-state index is 0.0263. The van der Waals surface area contributed by atoms with Gasteiger partial charge in [0.05, 0.1) is 16.8 Å². The lowest BCUT2D eigenvalue weighted by Crippen LogP contribution is -2.04. The number of nitrogens with zero attached hydrogens (tertiary/aromatic N) is 2. The third-order valence-corrected chi connectivity index (χ3v) is 4.61. The number of rotatable bonds is 8. The predicted molar refractivity (Wildman–Crippen MR) is 91.9 cm³/mol. The second-order valence-corrected chi connectivity index (χ2v) is 6.75. The van der Waals surface area contributed by atoms with E-state index in [2.05, 4.69) is 32.1 Å². The molecule has 0 spiro atoms. The molecule has 1 heterocycles. The number of hydrogen-bond acceptors (Lipinski definition) is 4. The van der Waals surface area contributed by atoms with Crippen LogP contribution in [-0.4, -0.2) is 40.1 Å². The molecule has 0 saturated carbocycles. The van der Waals surface area contributed by atoms with Crippen LogP contribution < -0.4 is 0 Å². The largest absolute Gasteiger partial charge is 0.481 e. The van der Waals surface area contributed by atoms with Crippen molar-refractivity contribution in [2.24, 2.45) is 0 Å². The zero-order valence-electron chi connectivity index (χ0n) is 11.7. The Balaban J connectivity index is 2.23. The van der Waals surface area contributed by atoms with Crippen LogP contribution in [0.25, 0.3) is 11.0 Å². The van der Waals surface area contributed by atoms with E-state index in [9.17, 15) is 4.79 Å². The summed E-state index contributed by atoms with van der Waals surface area (Å²) in [5, 5.41) is 9.63. The molecule has 2 aromatic rings. The third kappa shape index (κ3) is 4.58. The number of aromatic nitrogens is 2. The van der Waals surface area contributed by atoms with Crippen molar-refractivity contribution >= 4 is 51.4 Å². The molecule has 0 amide bonds. The number of carboxylic acids is 1. The fraction of sp³-hybridized carbons (Fsp3) is 0.429. The number of carbonyl (C=O) groups is 1. The molecule has 0 aliphatic heterocycles. The van der Waals surface area contributed by atoms with E-state index in [1.54, 1.807) is 7.11 Å². The minimum Gasteiger partial charge on any atom is -0.481 e. The summed E-state index contributed by atoms with van der Waals surface area (Å²) in [7, 11) is 1.70. The van der Waals surface area contributed by atoms with Gasteiger partial charge in [0.15, 0.2) is 5.16 Å². The van der Waals surface area contributed by atoms with Crippen molar-refractivity contribution in [1.82, 2.24) is 9.55 Å². The summed E-state index contributed by atoms with van der Waals surface area (Å²) in [5.74, 6) is -0.800. The van der Waals surface area contributed by atoms with Gasteiger partial charge in [-0.05, 0) is 53.6 Å². The van der Waals surface area contributed by atoms with Gasteiger partial charge in [0, 0.05) is 23.8 Å². The van der Waals surface area contributed by atoms with E-state index < -0.39 is 5.97 Å². The number of carboxylic acid groups (broad SMARTS) is 1. The molecule has 0 bridgehead atoms. The Morgan fingerprint density at radius 1 is 1.48 bits per heavy atom. The smallest absolute Gasteiger partial charge is 0.313 e. The Bertz CT molecular complexity index is 630. The Hall–Kier alpha value is -0.800. The molecule has 0 saturated heterocycles. The maximum atomic E-state index is 10.8. The van der Waals surface area contributed by atoms with Crippen LogP contribution in [0.3, 0.4) is 0 Å². The first kappa shape index (κ1) is 16.6. The first-order valence-electron chi connectivity index (χ1n) is 6.61. The lowest BCUT2D eigenvalue weighted by molar-refractivity contribution is -0.133. The molecule has 0 unspecified atom stereocenters. The first-order chi connectivity index (χ1) is 10.1. The molecule has 1 aromatic carbocycles. The zero-order chi connectivity index (χ0) is 15.2. The average Bonchev–Trinajstić information content (AvgIpc) is 2.78. The van der Waals surface area contributed by atoms with Gasteiger partial charge >= 0.3 is 5.97 Å². The number of hydrogen-bond donors (Lipinski definition) is 1. The summed E-state index contributed by atoms with van der Waals surface area (Å²) in [6, 6.07) is 6.11. The van der Waals surface area contributed by atoms with Crippen molar-refractivity contribution < 1.29 is 14.6 Å². The van der Waals surface area contributed by atoms with Crippen LogP contribution >= 0.6 is 34.4 Å². The number of methoxy groups -OCH3 is 1. The van der Waals surface area contributed by atoms with Crippen LogP contribution in [0.15, 0.2) is 23.4 Å². The number of benzene rings is 1. The highest BCUT2D eigenvalue weighted by molar-refractivity contribution is 14.1. The number of unbranched alkanes of at least 4 members (excludes halogenated alkanes) is 1. The molecule has 1 N–H and O–H groups in total. The number of imidazole rings is 1. The molecular weight excluding hydrogens is 403 g/mol. The van der Waals surface area contributed by atoms with E-state index in [-0.39, 0.29) is 5.75 Å². The van der Waals surface area contributed by atoms with E-state index in [0.29, 0.717) is 0 Å². The molecule has 7 heteroatoms. The van der Waals surface area contributed by atoms with Crippen molar-refractivity contribution in [3.63, 3.8) is 0 Å². The van der Waals surface area contributed by atoms with Gasteiger partial charge in [-0.2, -0.15) is 0 Å². The molecule has 0 radical (unpaired) electrons. The monoisotopic (exact) mass is 420 g/mol. The molecule has 5 nitrogen and oxygen atoms in total. The Labute approximate surface area is 141 Å². The van der Waals surface area contributed by atoms with E-state index in [0.717, 1.165) is 45.8 Å². The summed E-state index contributed by atoms with van der Waals surface area (Å²) in [6.45, 7) is 1.56. The fourth-order valence-electron chi connectivity index (χ4n) is 2.05. The highest BCUT2D eigenvalue weighted by Gasteiger charge is 2.12. The van der Waals surface area contributed by atoms with E-state index in [1.807, 2.05) is 18.2 Å². The molecule has 114 valence electrons. The summed E-state index contributed by atoms with van der Waals surface area (Å²) < 4.78 is 8.29. The van der Waals surface area contributed by atoms with Gasteiger partial charge in [0.25, 0.3) is 0 Å². The second-order valence-electron chi connectivity index (χ2n) is 4.56. The first-order valence-corrected chi connectivity index (χ1v) is 8.67. The van der Waals surface area contributed by atoms with Gasteiger partial charge in [-0.3, -0.25) is 4.79 Å². The van der Waals surface area contributed by atoms with Crippen LogP contribution in [0.2, 0.25) is 0 Å². The van der Waals surface area contributed by atoms with Crippen molar-refractivity contribution in [2.45, 2.75) is 24.5 Å². The number of halogens is 1. The lowest BCUT2D eigenvalue weighted by atomic mass is 10.3. The third-order valence-electron chi connectivity index (χ3n) is 2.98. The topological polar surface area (TPSA) is 64.3 Å². The SMILES string of the molecule is COCCCCn1c(SCC(=O)O)nc2cc(I)ccc21. The van der Waals surface area contributed by atoms with Gasteiger partial charge < -0.3 is 14.4 Å². The van der Waals surface area contributed by atoms with E-state index in [4.69, 9.17) is 9.84 Å². The lowest BCUT2D eigenvalue weighted by Gasteiger charge is -2.08. The highest BCUT2D eigenvalue weighted by Crippen LogP contribution is 2.26. The molecule has 0 fully saturated rings. The molecule has 0 aliphatic rings. The van der Waals surface area contributed by atoms with Gasteiger partial charge in [0.1, 0.15) is 0 Å². The average molecular weight is 420 g/mol. The van der Waals surface area contributed by atoms with Crippen LogP contribution in [0.5, 0.6) is 0 Å². The maximum absolute atomic E-state index is 10.8. The minimum atomic E-state index is -0.826. The van der Waals surface area contributed by atoms with Gasteiger partial charge in [0.2, 0.25) is 0 Å². The highest BCUT2D eigenvalue weighted by atomic mass is 127. The number of aliphatic carboxylic acids is 1. The van der Waals surface area contributed by atoms with Crippen molar-refractivity contribution in [1.29, 1.82) is 0 Å². The normalized spacial score (nSPS) is 11.1. The van der Waals surface area contributed by atoms with Gasteiger partial charge in [-0.1, -0.05) is 11.8 Å². The molecule has 0 aliphatic carbocycles. The van der Waals surface area contributed by atoms with Gasteiger partial charge in [-0.25, -0.2) is 4.98 Å². The standard InChI is InChI=1S/C14H17IN2O3S/c1-20-7-3-2-6-17-12-5-4-10(15)8-11(12)16-14(17)21-9-13(18)19/h4-5,8H,2-3,6-7,9H2,1H3,(H,18,19). The quantitative estimate of drug-likeness (QED) is 0.404. The van der Waals surface area contributed by atoms with E-state index >= 15 is 0 Å². The van der Waals surface area contributed by atoms with Crippen molar-refractivity contribution in [2.75, 3.05) is 19.5 Å². The van der Waals surface area contributed by atoms with Gasteiger partial charge in [-0.15, -0.1) is 0 Å². The van der Waals surface area contributed by atoms with Crippen LogP contribution in [0, 0.1) is 3.57 Å². The fourth-order valence-corrected chi connectivity index (χ4v) is 3.29. The van der Waals surface area contributed by atoms with Crippen LogP contribution in [0.1, 0.15) is 12.8 Å². The number of thioether (sulfide) groups is 1. The molecule has 21 heavy (non-hydrogen) atoms. The van der Waals surface area contributed by atoms with Crippen molar-refractivity contribution in [3.8, 4) is 0 Å². The summed E-state index contributed by atoms with van der Waals surface area (Å²) in [5.41, 5.74) is 1.97. The number of aryl methyl sites for hydroxylation is 1. The summed E-state index contributed by atoms with van der Waals surface area (Å²) in [4.78, 5) is 15.3. The molecule has 1 aromatic heterocycles. The number of ether oxygens (including phenoxy) is 1. The zero-order valence-corrected chi connectivity index (χ0v) is 14.7. The summed E-state index contributed by atoms with van der Waals surface area (Å²) >= 11 is 3.52. The van der Waals surface area contributed by atoms with Crippen molar-refractivity contribution in [3.05, 3.63) is 21.8 Å². The molecular formula is C14H17IN2O3S.